The zero-order valence-electron chi connectivity index (χ0n) is 17.4. The highest BCUT2D eigenvalue weighted by Gasteiger charge is 2.31. The third-order valence-corrected chi connectivity index (χ3v) is 3.99. The van der Waals surface area contributed by atoms with Crippen molar-refractivity contribution in [3.63, 3.8) is 0 Å². The Morgan fingerprint density at radius 1 is 1.00 bits per heavy atom. The van der Waals surface area contributed by atoms with Gasteiger partial charge >= 0.3 is 0 Å². The van der Waals surface area contributed by atoms with E-state index >= 15 is 0 Å². The van der Waals surface area contributed by atoms with Gasteiger partial charge in [0.25, 0.3) is 0 Å². The molecule has 0 N–H and O–H groups in total. The first-order valence-corrected chi connectivity index (χ1v) is 9.01. The van der Waals surface area contributed by atoms with Crippen molar-refractivity contribution in [2.24, 2.45) is 5.28 Å². The molecular formula is C20H33N3O3. The molecule has 0 atom stereocenters. The molecule has 1 rings (SSSR count). The van der Waals surface area contributed by atoms with Gasteiger partial charge in [0.1, 0.15) is 22.2 Å². The van der Waals surface area contributed by atoms with Crippen LogP contribution in [-0.2, 0) is 15.0 Å². The zero-order valence-corrected chi connectivity index (χ0v) is 17.4. The van der Waals surface area contributed by atoms with Gasteiger partial charge in [-0.25, -0.2) is 0 Å². The lowest BCUT2D eigenvalue weighted by atomic mass is 9.76. The van der Waals surface area contributed by atoms with Crippen LogP contribution in [0, 0.1) is 0 Å². The van der Waals surface area contributed by atoms with E-state index in [1.54, 1.807) is 0 Å². The summed E-state index contributed by atoms with van der Waals surface area (Å²) in [6, 6.07) is 8.10. The smallest absolute Gasteiger partial charge is 0.127 e. The molecule has 0 amide bonds. The SMILES string of the molecule is CC(C)OCC(C)(C)Oc1ccc(C(C)(C)CC(C)(C)ON=[N+]=[N-])cc1. The second-order valence-corrected chi connectivity index (χ2v) is 8.83. The number of ether oxygens (including phenoxy) is 2. The summed E-state index contributed by atoms with van der Waals surface area (Å²) in [5, 5.41) is 3.25. The Balaban J connectivity index is 2.80. The Labute approximate surface area is 157 Å². The molecule has 0 spiro atoms. The molecule has 0 saturated heterocycles. The molecule has 0 saturated carbocycles. The fourth-order valence-corrected chi connectivity index (χ4v) is 3.02. The van der Waals surface area contributed by atoms with Crippen LogP contribution in [0.5, 0.6) is 5.75 Å². The molecule has 146 valence electrons. The Morgan fingerprint density at radius 3 is 2.08 bits per heavy atom. The van der Waals surface area contributed by atoms with Gasteiger partial charge in [-0.1, -0.05) is 26.0 Å². The van der Waals surface area contributed by atoms with Crippen LogP contribution in [0.3, 0.4) is 0 Å². The molecule has 0 aromatic heterocycles. The van der Waals surface area contributed by atoms with E-state index in [0.29, 0.717) is 13.0 Å². The van der Waals surface area contributed by atoms with Gasteiger partial charge in [-0.05, 0) is 76.6 Å². The van der Waals surface area contributed by atoms with Crippen LogP contribution >= 0.6 is 0 Å². The van der Waals surface area contributed by atoms with Gasteiger partial charge in [0.05, 0.1) is 12.7 Å². The molecule has 1 aromatic carbocycles. The van der Waals surface area contributed by atoms with Crippen molar-refractivity contribution in [2.45, 2.75) is 84.5 Å². The van der Waals surface area contributed by atoms with E-state index in [4.69, 9.17) is 19.8 Å². The first-order chi connectivity index (χ1) is 11.9. The summed E-state index contributed by atoms with van der Waals surface area (Å²) >= 11 is 0. The highest BCUT2D eigenvalue weighted by Crippen LogP contribution is 2.35. The molecule has 0 heterocycles. The molecule has 0 bridgehead atoms. The second kappa shape index (κ2) is 8.65. The van der Waals surface area contributed by atoms with Crippen LogP contribution in [0.4, 0.5) is 0 Å². The van der Waals surface area contributed by atoms with Gasteiger partial charge in [-0.2, -0.15) is 0 Å². The van der Waals surface area contributed by atoms with Crippen molar-refractivity contribution < 1.29 is 14.3 Å². The predicted octanol–water partition coefficient (Wildman–Crippen LogP) is 5.96. The Kier molecular flexibility index (Phi) is 7.36. The van der Waals surface area contributed by atoms with E-state index in [9.17, 15) is 0 Å². The molecule has 0 unspecified atom stereocenters. The molecule has 0 fully saturated rings. The van der Waals surface area contributed by atoms with Crippen LogP contribution in [0.25, 0.3) is 10.4 Å². The highest BCUT2D eigenvalue weighted by atomic mass is 16.7. The number of hydrogen-bond donors (Lipinski definition) is 0. The quantitative estimate of drug-likeness (QED) is 0.223. The maximum absolute atomic E-state index is 8.45. The maximum Gasteiger partial charge on any atom is 0.127 e. The molecule has 0 aliphatic rings. The summed E-state index contributed by atoms with van der Waals surface area (Å²) in [5.41, 5.74) is 8.51. The number of rotatable bonds is 10. The lowest BCUT2D eigenvalue weighted by molar-refractivity contribution is -0.0365. The summed E-state index contributed by atoms with van der Waals surface area (Å²) in [7, 11) is 0. The van der Waals surface area contributed by atoms with Gasteiger partial charge in [0.2, 0.25) is 0 Å². The normalized spacial score (nSPS) is 12.7. The van der Waals surface area contributed by atoms with Gasteiger partial charge in [0.15, 0.2) is 0 Å². The minimum atomic E-state index is -0.554. The third-order valence-electron chi connectivity index (χ3n) is 3.99. The van der Waals surface area contributed by atoms with E-state index in [1.165, 1.54) is 5.56 Å². The fraction of sp³-hybridized carbons (Fsp3) is 0.700. The first kappa shape index (κ1) is 22.1. The second-order valence-electron chi connectivity index (χ2n) is 8.83. The van der Waals surface area contributed by atoms with Gasteiger partial charge < -0.3 is 14.3 Å². The van der Waals surface area contributed by atoms with Gasteiger partial charge in [0, 0.05) is 4.91 Å². The molecule has 0 radical (unpaired) electrons. The summed E-state index contributed by atoms with van der Waals surface area (Å²) in [5.74, 6) is 0.812. The van der Waals surface area contributed by atoms with Crippen LogP contribution in [-0.4, -0.2) is 23.9 Å². The number of azide groups is 1. The van der Waals surface area contributed by atoms with Crippen molar-refractivity contribution in [3.05, 3.63) is 40.3 Å². The topological polar surface area (TPSA) is 76.5 Å². The minimum absolute atomic E-state index is 0.150. The third kappa shape index (κ3) is 7.54. The Bertz CT molecular complexity index is 616. The molecule has 26 heavy (non-hydrogen) atoms. The minimum Gasteiger partial charge on any atom is -0.485 e. The Hall–Kier alpha value is -1.91. The average molecular weight is 364 g/mol. The largest absolute Gasteiger partial charge is 0.485 e. The maximum atomic E-state index is 8.45. The molecule has 6 heteroatoms. The van der Waals surface area contributed by atoms with E-state index in [2.05, 4.69) is 36.2 Å². The lowest BCUT2D eigenvalue weighted by Crippen LogP contribution is -2.35. The van der Waals surface area contributed by atoms with E-state index in [1.807, 2.05) is 53.7 Å². The van der Waals surface area contributed by atoms with Crippen molar-refractivity contribution in [1.29, 1.82) is 0 Å². The number of hydrogen-bond acceptors (Lipinski definition) is 4. The zero-order chi connectivity index (χ0) is 20.0. The number of benzene rings is 1. The monoisotopic (exact) mass is 363 g/mol. The van der Waals surface area contributed by atoms with Crippen molar-refractivity contribution in [3.8, 4) is 5.75 Å². The van der Waals surface area contributed by atoms with Gasteiger partial charge in [-0.15, -0.1) is 0 Å². The average Bonchev–Trinajstić information content (AvgIpc) is 2.50. The molecule has 1 aromatic rings. The number of nitrogens with zero attached hydrogens (tertiary/aromatic N) is 3. The molecular weight excluding hydrogens is 330 g/mol. The molecule has 0 aliphatic heterocycles. The first-order valence-electron chi connectivity index (χ1n) is 9.01. The highest BCUT2D eigenvalue weighted by molar-refractivity contribution is 5.32. The predicted molar refractivity (Wildman–Crippen MR) is 104 cm³/mol. The van der Waals surface area contributed by atoms with Crippen molar-refractivity contribution in [2.75, 3.05) is 6.61 Å². The van der Waals surface area contributed by atoms with E-state index in [-0.39, 0.29) is 11.5 Å². The summed E-state index contributed by atoms with van der Waals surface area (Å²) in [6.45, 7) is 16.7. The van der Waals surface area contributed by atoms with Crippen LogP contribution < -0.4 is 4.74 Å². The van der Waals surface area contributed by atoms with Crippen molar-refractivity contribution in [1.82, 2.24) is 0 Å². The summed E-state index contributed by atoms with van der Waals surface area (Å²) < 4.78 is 11.7. The molecule has 6 nitrogen and oxygen atoms in total. The van der Waals surface area contributed by atoms with Crippen molar-refractivity contribution >= 4 is 0 Å². The van der Waals surface area contributed by atoms with Crippen LogP contribution in [0.1, 0.15) is 67.4 Å². The van der Waals surface area contributed by atoms with Crippen LogP contribution in [0.15, 0.2) is 29.5 Å². The van der Waals surface area contributed by atoms with Crippen LogP contribution in [0.2, 0.25) is 0 Å². The Morgan fingerprint density at radius 2 is 1.58 bits per heavy atom. The van der Waals surface area contributed by atoms with E-state index < -0.39 is 11.2 Å². The van der Waals surface area contributed by atoms with E-state index in [0.717, 1.165) is 5.75 Å². The molecule has 0 aliphatic carbocycles. The van der Waals surface area contributed by atoms with Gasteiger partial charge in [-0.3, -0.25) is 0 Å². The summed E-state index contributed by atoms with van der Waals surface area (Å²) in [6.07, 6.45) is 0.879. The standard InChI is InChI=1S/C20H33N3O3/c1-15(2)24-14-20(7,8)25-17-11-9-16(10-12-17)18(3,4)13-19(5,6)26-23-22-21/h9-12,15H,13-14H2,1-8H3. The fourth-order valence-electron chi connectivity index (χ4n) is 3.02. The summed E-state index contributed by atoms with van der Waals surface area (Å²) in [4.78, 5) is 7.91. The lowest BCUT2D eigenvalue weighted by Gasteiger charge is -2.34.